The van der Waals surface area contributed by atoms with Crippen LogP contribution in [0.15, 0.2) is 39.7 Å². The minimum atomic E-state index is -0.326. The van der Waals surface area contributed by atoms with E-state index in [4.69, 9.17) is 0 Å². The molecular weight excluding hydrogens is 446 g/mol. The van der Waals surface area contributed by atoms with E-state index in [1.165, 1.54) is 21.8 Å². The minimum Gasteiger partial charge on any atom is -0.326 e. The summed E-state index contributed by atoms with van der Waals surface area (Å²) in [5, 5.41) is 3.85. The summed E-state index contributed by atoms with van der Waals surface area (Å²) >= 11 is 2.82. The molecule has 2 aliphatic carbocycles. The van der Waals surface area contributed by atoms with Crippen LogP contribution in [0.3, 0.4) is 0 Å². The third-order valence-corrected chi connectivity index (χ3v) is 9.50. The lowest BCUT2D eigenvalue weighted by Gasteiger charge is -2.32. The topological polar surface area (TPSA) is 99.3 Å². The van der Waals surface area contributed by atoms with Crippen LogP contribution in [-0.2, 0) is 14.4 Å². The third kappa shape index (κ3) is 2.94. The number of amides is 3. The number of benzene rings is 1. The zero-order valence-electron chi connectivity index (χ0n) is 17.3. The number of carbonyl (C=O) groups excluding carboxylic acids is 3. The second kappa shape index (κ2) is 7.18. The maximum atomic E-state index is 13.2. The molecule has 3 heterocycles. The van der Waals surface area contributed by atoms with Gasteiger partial charge in [0, 0.05) is 23.9 Å². The van der Waals surface area contributed by atoms with Gasteiger partial charge in [0.05, 0.1) is 21.7 Å². The average Bonchev–Trinajstić information content (AvgIpc) is 3.46. The van der Waals surface area contributed by atoms with Crippen LogP contribution in [0, 0.1) is 30.6 Å². The Hall–Kier alpha value is -2.65. The lowest BCUT2D eigenvalue weighted by molar-refractivity contribution is -0.140. The highest BCUT2D eigenvalue weighted by molar-refractivity contribution is 8.00. The number of aryl methyl sites for hydroxylation is 1. The van der Waals surface area contributed by atoms with Crippen LogP contribution in [0.25, 0.3) is 6.08 Å². The number of carbonyl (C=O) groups is 3. The van der Waals surface area contributed by atoms with Crippen LogP contribution in [0.2, 0.25) is 0 Å². The number of anilines is 1. The van der Waals surface area contributed by atoms with Gasteiger partial charge in [0.25, 0.3) is 0 Å². The highest BCUT2D eigenvalue weighted by Gasteiger charge is 2.66. The Kier molecular flexibility index (Phi) is 4.49. The maximum Gasteiger partial charge on any atom is 0.305 e. The van der Waals surface area contributed by atoms with Crippen molar-refractivity contribution in [2.45, 2.75) is 30.0 Å². The summed E-state index contributed by atoms with van der Waals surface area (Å²) in [4.78, 5) is 55.6. The van der Waals surface area contributed by atoms with Crippen molar-refractivity contribution >= 4 is 52.6 Å². The molecule has 6 rings (SSSR count). The summed E-state index contributed by atoms with van der Waals surface area (Å²) in [5.41, 5.74) is 2.95. The van der Waals surface area contributed by atoms with Gasteiger partial charge >= 0.3 is 4.87 Å². The molecule has 7 nitrogen and oxygen atoms in total. The molecule has 9 heteroatoms. The standard InChI is InChI=1S/C23H21N3O4S2/c1-10-3-2-4-11(7-10)24-16(27)5-6-26-21(28)17-12-8-14(18(17)22(26)29)19-13(12)9-15-20(32-19)25-23(30)31-15/h2-4,7,9,12,14,17-19H,5-6,8H2,1H3,(H,24,27)(H,25,30)/t12-,14+,17+,18+,19-/m1/s1. The summed E-state index contributed by atoms with van der Waals surface area (Å²) in [6.45, 7) is 2.06. The molecule has 2 aliphatic heterocycles. The van der Waals surface area contributed by atoms with Crippen molar-refractivity contribution in [1.29, 1.82) is 0 Å². The lowest BCUT2D eigenvalue weighted by atomic mass is 9.77. The van der Waals surface area contributed by atoms with Crippen LogP contribution in [0.5, 0.6) is 0 Å². The Morgan fingerprint density at radius 3 is 2.84 bits per heavy atom. The monoisotopic (exact) mass is 467 g/mol. The molecule has 2 bridgehead atoms. The number of nitrogens with one attached hydrogen (secondary N) is 2. The molecular formula is C23H21N3O4S2. The predicted octanol–water partition coefficient (Wildman–Crippen LogP) is 2.88. The number of fused-ring (bicyclic) bond motifs is 9. The van der Waals surface area contributed by atoms with Gasteiger partial charge in [0.15, 0.2) is 0 Å². The number of aromatic amines is 1. The predicted molar refractivity (Wildman–Crippen MR) is 122 cm³/mol. The first-order valence-corrected chi connectivity index (χ1v) is 12.4. The van der Waals surface area contributed by atoms with Gasteiger partial charge in [-0.15, -0.1) is 0 Å². The smallest absolute Gasteiger partial charge is 0.305 e. The first-order valence-electron chi connectivity index (χ1n) is 10.7. The molecule has 1 saturated heterocycles. The zero-order valence-corrected chi connectivity index (χ0v) is 18.9. The fraction of sp³-hybridized carbons (Fsp3) is 0.391. The van der Waals surface area contributed by atoms with Crippen LogP contribution in [0.4, 0.5) is 5.69 Å². The van der Waals surface area contributed by atoms with Gasteiger partial charge in [0.1, 0.15) is 0 Å². The van der Waals surface area contributed by atoms with Crippen molar-refractivity contribution in [3.05, 3.63) is 49.9 Å². The number of hydrogen-bond donors (Lipinski definition) is 2. The van der Waals surface area contributed by atoms with Crippen LogP contribution in [0.1, 0.15) is 23.3 Å². The largest absolute Gasteiger partial charge is 0.326 e. The second-order valence-electron chi connectivity index (χ2n) is 8.94. The molecule has 4 aliphatic rings. The van der Waals surface area contributed by atoms with Gasteiger partial charge in [-0.2, -0.15) is 0 Å². The van der Waals surface area contributed by atoms with Gasteiger partial charge < -0.3 is 10.3 Å². The molecule has 0 unspecified atom stereocenters. The minimum absolute atomic E-state index is 0.0513. The molecule has 32 heavy (non-hydrogen) atoms. The number of nitrogens with zero attached hydrogens (tertiary/aromatic N) is 1. The molecule has 1 aromatic carbocycles. The molecule has 2 aromatic rings. The summed E-state index contributed by atoms with van der Waals surface area (Å²) in [6, 6.07) is 7.52. The summed E-state index contributed by atoms with van der Waals surface area (Å²) in [6.07, 6.45) is 2.99. The van der Waals surface area contributed by atoms with Crippen molar-refractivity contribution in [1.82, 2.24) is 9.88 Å². The van der Waals surface area contributed by atoms with Gasteiger partial charge in [-0.1, -0.05) is 40.8 Å². The fourth-order valence-corrected chi connectivity index (χ4v) is 8.30. The highest BCUT2D eigenvalue weighted by atomic mass is 32.2. The van der Waals surface area contributed by atoms with E-state index in [0.29, 0.717) is 5.69 Å². The Morgan fingerprint density at radius 1 is 1.22 bits per heavy atom. The van der Waals surface area contributed by atoms with Crippen molar-refractivity contribution in [3.63, 3.8) is 0 Å². The molecule has 3 amide bonds. The first kappa shape index (κ1) is 20.0. The van der Waals surface area contributed by atoms with Crippen molar-refractivity contribution < 1.29 is 14.4 Å². The van der Waals surface area contributed by atoms with E-state index < -0.39 is 0 Å². The number of H-pyrrole nitrogens is 1. The number of hydrogen-bond acceptors (Lipinski definition) is 6. The van der Waals surface area contributed by atoms with Crippen LogP contribution in [-0.4, -0.2) is 39.4 Å². The third-order valence-electron chi connectivity index (χ3n) is 7.10. The lowest BCUT2D eigenvalue weighted by Crippen LogP contribution is -2.35. The average molecular weight is 468 g/mol. The van der Waals surface area contributed by atoms with Gasteiger partial charge in [-0.3, -0.25) is 24.1 Å². The van der Waals surface area contributed by atoms with Crippen LogP contribution >= 0.6 is 23.1 Å². The van der Waals surface area contributed by atoms with E-state index in [-0.39, 0.29) is 64.5 Å². The second-order valence-corrected chi connectivity index (χ2v) is 11.1. The Morgan fingerprint density at radius 2 is 2.03 bits per heavy atom. The summed E-state index contributed by atoms with van der Waals surface area (Å²) in [5.74, 6) is -0.984. The highest BCUT2D eigenvalue weighted by Crippen LogP contribution is 2.64. The van der Waals surface area contributed by atoms with Gasteiger partial charge in [-0.05, 0) is 49.0 Å². The summed E-state index contributed by atoms with van der Waals surface area (Å²) < 4.78 is 0. The SMILES string of the molecule is Cc1cccc(NC(=O)CCN2C(=O)[C@@H]3[C@@H](C2=O)[C@@H]2C[C@@H]3C3=Cc4sc(=O)[nH]c4S[C@H]32)c1. The van der Waals surface area contributed by atoms with Crippen molar-refractivity contribution in [3.8, 4) is 0 Å². The Balaban J connectivity index is 1.17. The molecule has 0 spiro atoms. The Labute approximate surface area is 192 Å². The molecule has 1 aromatic heterocycles. The molecule has 0 radical (unpaired) electrons. The molecule has 3 fully saturated rings. The Bertz CT molecular complexity index is 1260. The van der Waals surface area contributed by atoms with E-state index in [1.54, 1.807) is 11.8 Å². The molecule has 2 N–H and O–H groups in total. The zero-order chi connectivity index (χ0) is 22.1. The van der Waals surface area contributed by atoms with Gasteiger partial charge in [-0.25, -0.2) is 0 Å². The van der Waals surface area contributed by atoms with E-state index >= 15 is 0 Å². The molecule has 164 valence electrons. The van der Waals surface area contributed by atoms with Gasteiger partial charge in [0.2, 0.25) is 17.7 Å². The number of thioether (sulfide) groups is 1. The first-order chi connectivity index (χ1) is 15.4. The summed E-state index contributed by atoms with van der Waals surface area (Å²) in [7, 11) is 0. The van der Waals surface area contributed by atoms with Crippen molar-refractivity contribution in [2.75, 3.05) is 11.9 Å². The maximum absolute atomic E-state index is 13.2. The number of aromatic nitrogens is 1. The van der Waals surface area contributed by atoms with E-state index in [2.05, 4.69) is 16.4 Å². The van der Waals surface area contributed by atoms with Crippen LogP contribution < -0.4 is 10.2 Å². The van der Waals surface area contributed by atoms with Crippen molar-refractivity contribution in [2.24, 2.45) is 23.7 Å². The van der Waals surface area contributed by atoms with E-state index in [0.717, 1.165) is 21.9 Å². The number of imide groups is 1. The number of likely N-dealkylation sites (tertiary alicyclic amines) is 1. The van der Waals surface area contributed by atoms with E-state index in [9.17, 15) is 19.2 Å². The normalized spacial score (nSPS) is 29.6. The molecule has 2 saturated carbocycles. The number of rotatable bonds is 4. The number of thiazole rings is 1. The van der Waals surface area contributed by atoms with E-state index in [1.807, 2.05) is 31.2 Å². The fourth-order valence-electron chi connectivity index (χ4n) is 5.86. The quantitative estimate of drug-likeness (QED) is 0.674. The molecule has 5 atom stereocenters.